The average molecular weight is 239 g/mol. The van der Waals surface area contributed by atoms with E-state index in [1.165, 1.54) is 6.20 Å². The van der Waals surface area contributed by atoms with E-state index in [1.807, 2.05) is 6.92 Å². The summed E-state index contributed by atoms with van der Waals surface area (Å²) in [6.07, 6.45) is -0.913. The van der Waals surface area contributed by atoms with Gasteiger partial charge in [0.2, 0.25) is 0 Å². The predicted molar refractivity (Wildman–Crippen MR) is 61.6 cm³/mol. The van der Waals surface area contributed by atoms with Crippen LogP contribution in [0, 0.1) is 6.92 Å². The van der Waals surface area contributed by atoms with Gasteiger partial charge in [-0.05, 0) is 26.8 Å². The zero-order valence-corrected chi connectivity index (χ0v) is 10.1. The van der Waals surface area contributed by atoms with Gasteiger partial charge in [-0.3, -0.25) is 4.98 Å². The highest BCUT2D eigenvalue weighted by Gasteiger charge is 2.25. The van der Waals surface area contributed by atoms with E-state index in [0.717, 1.165) is 5.69 Å². The zero-order valence-electron chi connectivity index (χ0n) is 10.1. The second-order valence-electron chi connectivity index (χ2n) is 4.03. The van der Waals surface area contributed by atoms with Crippen LogP contribution in [0.4, 0.5) is 0 Å². The molecule has 0 bridgehead atoms. The fourth-order valence-corrected chi connectivity index (χ4v) is 1.24. The van der Waals surface area contributed by atoms with Crippen LogP contribution in [0.5, 0.6) is 0 Å². The summed E-state index contributed by atoms with van der Waals surface area (Å²) in [6.45, 7) is 5.00. The highest BCUT2D eigenvalue weighted by molar-refractivity contribution is 5.74. The molecule has 0 spiro atoms. The number of aliphatic carboxylic acids is 1. The molecule has 3 unspecified atom stereocenters. The number of aromatic nitrogens is 1. The minimum absolute atomic E-state index is 0.468. The lowest BCUT2D eigenvalue weighted by Gasteiger charge is -2.21. The largest absolute Gasteiger partial charge is 0.479 e. The Hall–Kier alpha value is -1.46. The molecule has 1 heterocycles. The van der Waals surface area contributed by atoms with Gasteiger partial charge in [-0.2, -0.15) is 0 Å². The Morgan fingerprint density at radius 1 is 1.41 bits per heavy atom. The molecule has 0 fully saturated rings. The number of nitrogens with zero attached hydrogens (tertiary/aromatic N) is 1. The SMILES string of the molecule is Cc1ccc(C(OC(C)C(C)O)C(=O)O)cn1. The molecule has 17 heavy (non-hydrogen) atoms. The van der Waals surface area contributed by atoms with E-state index in [1.54, 1.807) is 26.0 Å². The van der Waals surface area contributed by atoms with E-state index in [-0.39, 0.29) is 0 Å². The Balaban J connectivity index is 2.86. The molecule has 0 amide bonds. The highest BCUT2D eigenvalue weighted by Crippen LogP contribution is 2.20. The van der Waals surface area contributed by atoms with Crippen LogP contribution in [0.15, 0.2) is 18.3 Å². The van der Waals surface area contributed by atoms with Gasteiger partial charge in [-0.25, -0.2) is 4.79 Å². The molecule has 0 saturated carbocycles. The summed E-state index contributed by atoms with van der Waals surface area (Å²) in [5.74, 6) is -1.09. The van der Waals surface area contributed by atoms with Crippen molar-refractivity contribution in [3.8, 4) is 0 Å². The van der Waals surface area contributed by atoms with E-state index >= 15 is 0 Å². The molecule has 5 nitrogen and oxygen atoms in total. The molecule has 1 aromatic rings. The third-order valence-corrected chi connectivity index (χ3v) is 2.49. The van der Waals surface area contributed by atoms with Gasteiger partial charge in [0.05, 0.1) is 12.2 Å². The number of carboxylic acid groups (broad SMARTS) is 1. The lowest BCUT2D eigenvalue weighted by atomic mass is 10.1. The van der Waals surface area contributed by atoms with E-state index in [2.05, 4.69) is 4.98 Å². The number of aryl methyl sites for hydroxylation is 1. The van der Waals surface area contributed by atoms with Crippen LogP contribution >= 0.6 is 0 Å². The second kappa shape index (κ2) is 5.75. The monoisotopic (exact) mass is 239 g/mol. The standard InChI is InChI=1S/C12H17NO4/c1-7-4-5-10(6-13-7)11(12(15)16)17-9(3)8(2)14/h4-6,8-9,11,14H,1-3H3,(H,15,16). The Morgan fingerprint density at radius 3 is 2.47 bits per heavy atom. The Morgan fingerprint density at radius 2 is 2.06 bits per heavy atom. The van der Waals surface area contributed by atoms with Crippen molar-refractivity contribution in [2.45, 2.75) is 39.1 Å². The molecule has 0 aliphatic carbocycles. The Bertz CT molecular complexity index is 375. The third kappa shape index (κ3) is 3.80. The summed E-state index contributed by atoms with van der Waals surface area (Å²) in [7, 11) is 0. The number of pyridine rings is 1. The fourth-order valence-electron chi connectivity index (χ4n) is 1.24. The number of aliphatic hydroxyl groups excluding tert-OH is 1. The molecule has 1 aromatic heterocycles. The number of aliphatic hydroxyl groups is 1. The van der Waals surface area contributed by atoms with Crippen LogP contribution in [0.3, 0.4) is 0 Å². The number of hydrogen-bond acceptors (Lipinski definition) is 4. The van der Waals surface area contributed by atoms with Gasteiger partial charge in [0.1, 0.15) is 0 Å². The summed E-state index contributed by atoms with van der Waals surface area (Å²) in [5, 5.41) is 18.4. The van der Waals surface area contributed by atoms with Crippen molar-refractivity contribution < 1.29 is 19.7 Å². The normalized spacial score (nSPS) is 16.2. The van der Waals surface area contributed by atoms with Crippen LogP contribution in [-0.4, -0.2) is 33.4 Å². The summed E-state index contributed by atoms with van der Waals surface area (Å²) >= 11 is 0. The summed E-state index contributed by atoms with van der Waals surface area (Å²) in [6, 6.07) is 3.39. The maximum absolute atomic E-state index is 11.1. The van der Waals surface area contributed by atoms with E-state index in [0.29, 0.717) is 5.56 Å². The van der Waals surface area contributed by atoms with Gasteiger partial charge >= 0.3 is 5.97 Å². The molecule has 3 atom stereocenters. The topological polar surface area (TPSA) is 79.7 Å². The van der Waals surface area contributed by atoms with E-state index in [9.17, 15) is 9.90 Å². The number of ether oxygens (including phenoxy) is 1. The molecule has 0 saturated heterocycles. The number of carbonyl (C=O) groups is 1. The minimum Gasteiger partial charge on any atom is -0.479 e. The first-order valence-corrected chi connectivity index (χ1v) is 5.40. The van der Waals surface area contributed by atoms with Gasteiger partial charge in [-0.1, -0.05) is 6.07 Å². The first kappa shape index (κ1) is 13.6. The maximum Gasteiger partial charge on any atom is 0.337 e. The molecule has 0 aliphatic rings. The quantitative estimate of drug-likeness (QED) is 0.809. The van der Waals surface area contributed by atoms with E-state index < -0.39 is 24.3 Å². The number of rotatable bonds is 5. The van der Waals surface area contributed by atoms with Crippen molar-refractivity contribution in [1.82, 2.24) is 4.98 Å². The van der Waals surface area contributed by atoms with Gasteiger partial charge < -0.3 is 14.9 Å². The van der Waals surface area contributed by atoms with Crippen molar-refractivity contribution in [3.05, 3.63) is 29.6 Å². The van der Waals surface area contributed by atoms with Crippen LogP contribution in [-0.2, 0) is 9.53 Å². The van der Waals surface area contributed by atoms with Gasteiger partial charge in [0.25, 0.3) is 0 Å². The van der Waals surface area contributed by atoms with Crippen LogP contribution in [0.25, 0.3) is 0 Å². The predicted octanol–water partition coefficient (Wildman–Crippen LogP) is 1.30. The molecule has 0 aliphatic heterocycles. The minimum atomic E-state index is -1.10. The second-order valence-corrected chi connectivity index (χ2v) is 4.03. The van der Waals surface area contributed by atoms with Crippen LogP contribution < -0.4 is 0 Å². The lowest BCUT2D eigenvalue weighted by molar-refractivity contribution is -0.158. The molecule has 94 valence electrons. The van der Waals surface area contributed by atoms with E-state index in [4.69, 9.17) is 9.84 Å². The molecular formula is C12H17NO4. The highest BCUT2D eigenvalue weighted by atomic mass is 16.5. The van der Waals surface area contributed by atoms with Crippen molar-refractivity contribution in [2.24, 2.45) is 0 Å². The van der Waals surface area contributed by atoms with Gasteiger partial charge in [0.15, 0.2) is 6.10 Å². The lowest BCUT2D eigenvalue weighted by Crippen LogP contribution is -2.28. The van der Waals surface area contributed by atoms with Crippen molar-refractivity contribution >= 4 is 5.97 Å². The first-order chi connectivity index (χ1) is 7.91. The molecule has 2 N–H and O–H groups in total. The molecule has 0 radical (unpaired) electrons. The number of carboxylic acids is 1. The first-order valence-electron chi connectivity index (χ1n) is 5.40. The number of hydrogen-bond donors (Lipinski definition) is 2. The van der Waals surface area contributed by atoms with Gasteiger partial charge in [0, 0.05) is 17.5 Å². The van der Waals surface area contributed by atoms with Crippen molar-refractivity contribution in [1.29, 1.82) is 0 Å². The zero-order chi connectivity index (χ0) is 13.0. The molecular weight excluding hydrogens is 222 g/mol. The summed E-state index contributed by atoms with van der Waals surface area (Å²) in [4.78, 5) is 15.1. The van der Waals surface area contributed by atoms with Crippen LogP contribution in [0.2, 0.25) is 0 Å². The Kier molecular flexibility index (Phi) is 4.60. The van der Waals surface area contributed by atoms with Gasteiger partial charge in [-0.15, -0.1) is 0 Å². The van der Waals surface area contributed by atoms with Crippen molar-refractivity contribution in [2.75, 3.05) is 0 Å². The molecule has 1 rings (SSSR count). The molecule has 0 aromatic carbocycles. The average Bonchev–Trinajstić information content (AvgIpc) is 2.26. The fraction of sp³-hybridized carbons (Fsp3) is 0.500. The smallest absolute Gasteiger partial charge is 0.337 e. The molecule has 5 heteroatoms. The van der Waals surface area contributed by atoms with Crippen molar-refractivity contribution in [3.63, 3.8) is 0 Å². The maximum atomic E-state index is 11.1. The summed E-state index contributed by atoms with van der Waals surface area (Å²) < 4.78 is 5.31. The Labute approximate surface area is 100 Å². The summed E-state index contributed by atoms with van der Waals surface area (Å²) in [5.41, 5.74) is 1.28. The third-order valence-electron chi connectivity index (χ3n) is 2.49. The van der Waals surface area contributed by atoms with Crippen LogP contribution in [0.1, 0.15) is 31.2 Å².